The summed E-state index contributed by atoms with van der Waals surface area (Å²) in [5, 5.41) is 3.40. The lowest BCUT2D eigenvalue weighted by molar-refractivity contribution is -0.128. The summed E-state index contributed by atoms with van der Waals surface area (Å²) in [6.45, 7) is 3.34. The van der Waals surface area contributed by atoms with Gasteiger partial charge in [0.2, 0.25) is 5.89 Å². The van der Waals surface area contributed by atoms with E-state index < -0.39 is 11.4 Å². The summed E-state index contributed by atoms with van der Waals surface area (Å²) < 4.78 is 25.5. The van der Waals surface area contributed by atoms with Crippen molar-refractivity contribution in [1.82, 2.24) is 4.98 Å². The van der Waals surface area contributed by atoms with Crippen LogP contribution in [0.5, 0.6) is 5.75 Å². The van der Waals surface area contributed by atoms with E-state index in [-0.39, 0.29) is 17.4 Å². The van der Waals surface area contributed by atoms with Crippen LogP contribution in [0, 0.1) is 5.82 Å². The smallest absolute Gasteiger partial charge is 0.267 e. The van der Waals surface area contributed by atoms with Crippen molar-refractivity contribution in [3.63, 3.8) is 0 Å². The second-order valence-corrected chi connectivity index (χ2v) is 7.64. The molecule has 0 unspecified atom stereocenters. The van der Waals surface area contributed by atoms with Crippen LogP contribution in [0.4, 0.5) is 10.1 Å². The molecule has 0 aliphatic carbocycles. The number of halogens is 2. The van der Waals surface area contributed by atoms with Crippen LogP contribution in [0.2, 0.25) is 5.02 Å². The summed E-state index contributed by atoms with van der Waals surface area (Å²) in [6, 6.07) is 18.1. The highest BCUT2D eigenvalue weighted by Gasteiger charge is 2.30. The van der Waals surface area contributed by atoms with Crippen molar-refractivity contribution >= 4 is 34.3 Å². The van der Waals surface area contributed by atoms with Gasteiger partial charge in [-0.1, -0.05) is 23.7 Å². The minimum absolute atomic E-state index is 0.179. The van der Waals surface area contributed by atoms with Crippen molar-refractivity contribution in [2.75, 3.05) is 5.32 Å². The highest BCUT2D eigenvalue weighted by molar-refractivity contribution is 6.30. The predicted octanol–water partition coefficient (Wildman–Crippen LogP) is 6.08. The fourth-order valence-corrected chi connectivity index (χ4v) is 3.01. The van der Waals surface area contributed by atoms with Gasteiger partial charge in [-0.2, -0.15) is 0 Å². The van der Waals surface area contributed by atoms with Gasteiger partial charge in [-0.05, 0) is 68.4 Å². The Kier molecular flexibility index (Phi) is 5.18. The lowest BCUT2D eigenvalue weighted by Gasteiger charge is -2.25. The molecule has 30 heavy (non-hydrogen) atoms. The molecule has 1 N–H and O–H groups in total. The number of fused-ring (bicyclic) bond motifs is 1. The number of hydrogen-bond donors (Lipinski definition) is 1. The van der Waals surface area contributed by atoms with E-state index in [9.17, 15) is 9.18 Å². The summed E-state index contributed by atoms with van der Waals surface area (Å²) in [5.74, 6) is -0.0488. The number of carbonyl (C=O) groups is 1. The third kappa shape index (κ3) is 4.14. The number of carbonyl (C=O) groups excluding carboxylic acids is 1. The molecule has 0 fully saturated rings. The summed E-state index contributed by atoms with van der Waals surface area (Å²) in [7, 11) is 0. The zero-order valence-electron chi connectivity index (χ0n) is 16.3. The summed E-state index contributed by atoms with van der Waals surface area (Å²) in [6.07, 6.45) is 0. The van der Waals surface area contributed by atoms with Crippen molar-refractivity contribution < 1.29 is 18.3 Å². The normalized spacial score (nSPS) is 11.5. The number of rotatable bonds is 5. The zero-order chi connectivity index (χ0) is 21.3. The van der Waals surface area contributed by atoms with Gasteiger partial charge in [-0.3, -0.25) is 4.79 Å². The molecule has 0 spiro atoms. The second-order valence-electron chi connectivity index (χ2n) is 7.20. The van der Waals surface area contributed by atoms with Gasteiger partial charge in [0.1, 0.15) is 17.1 Å². The SMILES string of the molecule is CC(C)(Oc1ccc(Cl)cc1)C(=O)Nc1ccc2oc(-c3ccccc3F)nc2c1. The molecule has 0 saturated heterocycles. The fraction of sp³-hybridized carbons (Fsp3) is 0.130. The molecule has 0 bridgehead atoms. The van der Waals surface area contributed by atoms with E-state index in [4.69, 9.17) is 20.8 Å². The van der Waals surface area contributed by atoms with Gasteiger partial charge in [0.15, 0.2) is 11.2 Å². The molecule has 7 heteroatoms. The zero-order valence-corrected chi connectivity index (χ0v) is 17.0. The lowest BCUT2D eigenvalue weighted by atomic mass is 10.1. The van der Waals surface area contributed by atoms with Crippen LogP contribution < -0.4 is 10.1 Å². The first-order valence-electron chi connectivity index (χ1n) is 9.23. The lowest BCUT2D eigenvalue weighted by Crippen LogP contribution is -2.42. The van der Waals surface area contributed by atoms with Crippen molar-refractivity contribution in [3.8, 4) is 17.2 Å². The van der Waals surface area contributed by atoms with Crippen molar-refractivity contribution in [2.24, 2.45) is 0 Å². The van der Waals surface area contributed by atoms with E-state index in [0.717, 1.165) is 0 Å². The molecule has 1 heterocycles. The van der Waals surface area contributed by atoms with Crippen molar-refractivity contribution in [1.29, 1.82) is 0 Å². The standard InChI is InChI=1S/C23H18ClFN2O3/c1-23(2,30-16-10-7-14(24)8-11-16)22(28)26-15-9-12-20-19(13-15)27-21(29-20)17-5-3-4-6-18(17)25/h3-13H,1-2H3,(H,26,28). The van der Waals surface area contributed by atoms with Crippen LogP contribution in [0.1, 0.15) is 13.8 Å². The van der Waals surface area contributed by atoms with Gasteiger partial charge >= 0.3 is 0 Å². The van der Waals surface area contributed by atoms with Gasteiger partial charge in [0.25, 0.3) is 5.91 Å². The third-order valence-electron chi connectivity index (χ3n) is 4.48. The Morgan fingerprint density at radius 1 is 1.10 bits per heavy atom. The molecule has 4 aromatic rings. The molecule has 1 amide bonds. The highest BCUT2D eigenvalue weighted by Crippen LogP contribution is 2.28. The Balaban J connectivity index is 1.53. The quantitative estimate of drug-likeness (QED) is 0.421. The number of oxazole rings is 1. The van der Waals surface area contributed by atoms with E-state index in [1.54, 1.807) is 74.5 Å². The van der Waals surface area contributed by atoms with Gasteiger partial charge in [0.05, 0.1) is 5.56 Å². The molecule has 0 radical (unpaired) electrons. The Morgan fingerprint density at radius 3 is 2.57 bits per heavy atom. The molecular weight excluding hydrogens is 407 g/mol. The van der Waals surface area contributed by atoms with Gasteiger partial charge < -0.3 is 14.5 Å². The van der Waals surface area contributed by atoms with E-state index in [2.05, 4.69) is 10.3 Å². The average molecular weight is 425 g/mol. The Morgan fingerprint density at radius 2 is 1.83 bits per heavy atom. The first-order valence-corrected chi connectivity index (χ1v) is 9.61. The Hall–Kier alpha value is -3.38. The number of ether oxygens (including phenoxy) is 1. The molecule has 1 aromatic heterocycles. The van der Waals surface area contributed by atoms with E-state index in [1.165, 1.54) is 6.07 Å². The summed E-state index contributed by atoms with van der Waals surface area (Å²) in [4.78, 5) is 17.1. The molecule has 0 atom stereocenters. The van der Waals surface area contributed by atoms with Crippen LogP contribution in [0.3, 0.4) is 0 Å². The number of nitrogens with zero attached hydrogens (tertiary/aromatic N) is 1. The van der Waals surface area contributed by atoms with E-state index in [1.807, 2.05) is 0 Å². The van der Waals surface area contributed by atoms with Gasteiger partial charge in [0, 0.05) is 10.7 Å². The Labute approximate surface area is 177 Å². The van der Waals surface area contributed by atoms with Crippen molar-refractivity contribution in [3.05, 3.63) is 77.6 Å². The molecule has 5 nitrogen and oxygen atoms in total. The maximum Gasteiger partial charge on any atom is 0.267 e. The van der Waals surface area contributed by atoms with E-state index >= 15 is 0 Å². The minimum Gasteiger partial charge on any atom is -0.478 e. The molecule has 3 aromatic carbocycles. The number of amides is 1. The monoisotopic (exact) mass is 424 g/mol. The van der Waals surface area contributed by atoms with Crippen LogP contribution in [0.25, 0.3) is 22.6 Å². The molecule has 0 aliphatic rings. The second kappa shape index (κ2) is 7.80. The van der Waals surface area contributed by atoms with Crippen LogP contribution >= 0.6 is 11.6 Å². The first kappa shape index (κ1) is 19.9. The molecular formula is C23H18ClFN2O3. The number of hydrogen-bond acceptors (Lipinski definition) is 4. The summed E-state index contributed by atoms with van der Waals surface area (Å²) in [5.41, 5.74) is 0.654. The topological polar surface area (TPSA) is 64.4 Å². The molecule has 4 rings (SSSR count). The number of nitrogens with one attached hydrogen (secondary N) is 1. The van der Waals surface area contributed by atoms with Crippen LogP contribution in [0.15, 0.2) is 71.1 Å². The molecule has 0 saturated carbocycles. The largest absolute Gasteiger partial charge is 0.478 e. The number of benzene rings is 3. The predicted molar refractivity (Wildman–Crippen MR) is 114 cm³/mol. The van der Waals surface area contributed by atoms with Crippen LogP contribution in [-0.2, 0) is 4.79 Å². The van der Waals surface area contributed by atoms with Crippen LogP contribution in [-0.4, -0.2) is 16.5 Å². The van der Waals surface area contributed by atoms with Crippen molar-refractivity contribution in [2.45, 2.75) is 19.4 Å². The maximum atomic E-state index is 14.0. The van der Waals surface area contributed by atoms with Gasteiger partial charge in [-0.15, -0.1) is 0 Å². The number of anilines is 1. The average Bonchev–Trinajstić information content (AvgIpc) is 3.13. The van der Waals surface area contributed by atoms with E-state index in [0.29, 0.717) is 27.6 Å². The molecule has 152 valence electrons. The maximum absolute atomic E-state index is 14.0. The Bertz CT molecular complexity index is 1220. The van der Waals surface area contributed by atoms with Gasteiger partial charge in [-0.25, -0.2) is 9.37 Å². The highest BCUT2D eigenvalue weighted by atomic mass is 35.5. The summed E-state index contributed by atoms with van der Waals surface area (Å²) >= 11 is 5.88. The molecule has 0 aliphatic heterocycles. The minimum atomic E-state index is -1.13. The number of aromatic nitrogens is 1. The first-order chi connectivity index (χ1) is 14.3. The third-order valence-corrected chi connectivity index (χ3v) is 4.74. The fourth-order valence-electron chi connectivity index (χ4n) is 2.88.